The number of hydrogen-bond donors (Lipinski definition) is 1. The van der Waals surface area contributed by atoms with Crippen LogP contribution in [0.25, 0.3) is 34.2 Å². The SMILES string of the molecule is COc1cc(OC)cc(-c2noc(-c3cc(-c4cc(C)ccc4C)n[nH]3)n2)c1. The van der Waals surface area contributed by atoms with Crippen molar-refractivity contribution in [2.24, 2.45) is 0 Å². The maximum absolute atomic E-state index is 5.44. The average molecular weight is 376 g/mol. The summed E-state index contributed by atoms with van der Waals surface area (Å²) >= 11 is 0. The van der Waals surface area contributed by atoms with Gasteiger partial charge in [-0.15, -0.1) is 0 Å². The molecule has 1 N–H and O–H groups in total. The minimum Gasteiger partial charge on any atom is -0.497 e. The zero-order valence-electron chi connectivity index (χ0n) is 16.1. The van der Waals surface area contributed by atoms with Gasteiger partial charge in [-0.05, 0) is 43.7 Å². The van der Waals surface area contributed by atoms with Crippen molar-refractivity contribution in [3.63, 3.8) is 0 Å². The van der Waals surface area contributed by atoms with Crippen LogP contribution in [0, 0.1) is 13.8 Å². The van der Waals surface area contributed by atoms with Gasteiger partial charge in [-0.2, -0.15) is 10.1 Å². The second-order valence-electron chi connectivity index (χ2n) is 6.51. The lowest BCUT2D eigenvalue weighted by molar-refractivity contribution is 0.394. The first-order valence-corrected chi connectivity index (χ1v) is 8.78. The van der Waals surface area contributed by atoms with Crippen LogP contribution in [0.4, 0.5) is 0 Å². The maximum atomic E-state index is 5.44. The van der Waals surface area contributed by atoms with E-state index in [1.165, 1.54) is 5.56 Å². The van der Waals surface area contributed by atoms with Gasteiger partial charge in [0.1, 0.15) is 17.2 Å². The van der Waals surface area contributed by atoms with Crippen LogP contribution in [-0.2, 0) is 0 Å². The lowest BCUT2D eigenvalue weighted by Gasteiger charge is -2.05. The summed E-state index contributed by atoms with van der Waals surface area (Å²) in [6.07, 6.45) is 0. The molecule has 4 aromatic rings. The van der Waals surface area contributed by atoms with E-state index in [1.54, 1.807) is 20.3 Å². The molecule has 2 aromatic carbocycles. The van der Waals surface area contributed by atoms with Crippen LogP contribution >= 0.6 is 0 Å². The molecule has 0 saturated heterocycles. The van der Waals surface area contributed by atoms with E-state index in [2.05, 4.69) is 52.4 Å². The first-order chi connectivity index (χ1) is 13.6. The van der Waals surface area contributed by atoms with Gasteiger partial charge in [0, 0.05) is 17.2 Å². The van der Waals surface area contributed by atoms with Crippen molar-refractivity contribution in [3.8, 4) is 45.7 Å². The molecule has 0 radical (unpaired) electrons. The Morgan fingerprint density at radius 2 is 1.68 bits per heavy atom. The second-order valence-corrected chi connectivity index (χ2v) is 6.51. The summed E-state index contributed by atoms with van der Waals surface area (Å²) in [7, 11) is 3.19. The summed E-state index contributed by atoms with van der Waals surface area (Å²) in [6.45, 7) is 4.12. The molecule has 28 heavy (non-hydrogen) atoms. The number of ether oxygens (including phenoxy) is 2. The molecule has 0 fully saturated rings. The summed E-state index contributed by atoms with van der Waals surface area (Å²) in [5, 5.41) is 11.5. The van der Waals surface area contributed by atoms with E-state index < -0.39 is 0 Å². The fourth-order valence-corrected chi connectivity index (χ4v) is 2.97. The molecular weight excluding hydrogens is 356 g/mol. The third-order valence-corrected chi connectivity index (χ3v) is 4.51. The third-order valence-electron chi connectivity index (χ3n) is 4.51. The zero-order chi connectivity index (χ0) is 19.7. The van der Waals surface area contributed by atoms with Gasteiger partial charge in [-0.25, -0.2) is 0 Å². The van der Waals surface area contributed by atoms with E-state index in [0.29, 0.717) is 28.9 Å². The molecule has 0 amide bonds. The van der Waals surface area contributed by atoms with Crippen molar-refractivity contribution in [1.29, 1.82) is 0 Å². The number of nitrogens with one attached hydrogen (secondary N) is 1. The molecule has 0 spiro atoms. The highest BCUT2D eigenvalue weighted by molar-refractivity contribution is 5.69. The number of methoxy groups -OCH3 is 2. The lowest BCUT2D eigenvalue weighted by atomic mass is 10.0. The molecule has 0 atom stereocenters. The highest BCUT2D eigenvalue weighted by Crippen LogP contribution is 2.30. The monoisotopic (exact) mass is 376 g/mol. The van der Waals surface area contributed by atoms with Crippen LogP contribution in [0.3, 0.4) is 0 Å². The van der Waals surface area contributed by atoms with Crippen LogP contribution in [0.1, 0.15) is 11.1 Å². The molecule has 2 aromatic heterocycles. The molecule has 7 heteroatoms. The minimum absolute atomic E-state index is 0.362. The van der Waals surface area contributed by atoms with Crippen LogP contribution in [0.2, 0.25) is 0 Å². The number of aryl methyl sites for hydroxylation is 2. The number of H-pyrrole nitrogens is 1. The minimum atomic E-state index is 0.362. The zero-order valence-corrected chi connectivity index (χ0v) is 16.1. The first kappa shape index (κ1) is 17.8. The topological polar surface area (TPSA) is 86.1 Å². The molecule has 142 valence electrons. The standard InChI is InChI=1S/C21H20N4O3/c1-12-5-6-13(2)17(7-12)18-11-19(24-23-18)21-22-20(25-28-21)14-8-15(26-3)10-16(9-14)27-4/h5-11H,1-4H3,(H,23,24). The fraction of sp³-hybridized carbons (Fsp3) is 0.190. The molecule has 0 aliphatic rings. The molecule has 0 aliphatic carbocycles. The van der Waals surface area contributed by atoms with Crippen LogP contribution in [0.15, 0.2) is 47.0 Å². The first-order valence-electron chi connectivity index (χ1n) is 8.78. The molecule has 0 unspecified atom stereocenters. The quantitative estimate of drug-likeness (QED) is 0.555. The Hall–Kier alpha value is -3.61. The Labute approximate surface area is 162 Å². The van der Waals surface area contributed by atoms with Crippen LogP contribution in [-0.4, -0.2) is 34.6 Å². The van der Waals surface area contributed by atoms with Gasteiger partial charge in [-0.3, -0.25) is 5.10 Å². The Bertz CT molecular complexity index is 1110. The Kier molecular flexibility index (Phi) is 4.57. The second kappa shape index (κ2) is 7.19. The number of benzene rings is 2. The molecule has 7 nitrogen and oxygen atoms in total. The van der Waals surface area contributed by atoms with Crippen molar-refractivity contribution < 1.29 is 14.0 Å². The highest BCUT2D eigenvalue weighted by Gasteiger charge is 2.16. The fourth-order valence-electron chi connectivity index (χ4n) is 2.97. The summed E-state index contributed by atoms with van der Waals surface area (Å²) in [6, 6.07) is 13.6. The third kappa shape index (κ3) is 3.34. The van der Waals surface area contributed by atoms with Gasteiger partial charge in [-0.1, -0.05) is 22.9 Å². The number of hydrogen-bond acceptors (Lipinski definition) is 6. The Morgan fingerprint density at radius 1 is 0.929 bits per heavy atom. The van der Waals surface area contributed by atoms with E-state index in [-0.39, 0.29) is 0 Å². The number of aromatic nitrogens is 4. The molecule has 2 heterocycles. The predicted octanol–water partition coefficient (Wildman–Crippen LogP) is 4.43. The maximum Gasteiger partial charge on any atom is 0.276 e. The van der Waals surface area contributed by atoms with Gasteiger partial charge in [0.15, 0.2) is 0 Å². The predicted molar refractivity (Wildman–Crippen MR) is 105 cm³/mol. The van der Waals surface area contributed by atoms with E-state index in [9.17, 15) is 0 Å². The lowest BCUT2D eigenvalue weighted by Crippen LogP contribution is -1.89. The molecule has 0 saturated carbocycles. The Balaban J connectivity index is 1.67. The Morgan fingerprint density at radius 3 is 2.39 bits per heavy atom. The van der Waals surface area contributed by atoms with Gasteiger partial charge >= 0.3 is 0 Å². The number of rotatable bonds is 5. The van der Waals surface area contributed by atoms with Gasteiger partial charge in [0.2, 0.25) is 5.82 Å². The van der Waals surface area contributed by atoms with Gasteiger partial charge in [0.25, 0.3) is 5.89 Å². The summed E-state index contributed by atoms with van der Waals surface area (Å²) in [5.41, 5.74) is 5.62. The van der Waals surface area contributed by atoms with E-state index in [1.807, 2.05) is 18.2 Å². The van der Waals surface area contributed by atoms with Gasteiger partial charge < -0.3 is 14.0 Å². The highest BCUT2D eigenvalue weighted by atomic mass is 16.5. The van der Waals surface area contributed by atoms with Crippen LogP contribution in [0.5, 0.6) is 11.5 Å². The summed E-state index contributed by atoms with van der Waals surface area (Å²) < 4.78 is 16.0. The summed E-state index contributed by atoms with van der Waals surface area (Å²) in [4.78, 5) is 4.49. The van der Waals surface area contributed by atoms with E-state index >= 15 is 0 Å². The van der Waals surface area contributed by atoms with Crippen molar-refractivity contribution in [2.45, 2.75) is 13.8 Å². The van der Waals surface area contributed by atoms with Crippen molar-refractivity contribution in [2.75, 3.05) is 14.2 Å². The smallest absolute Gasteiger partial charge is 0.276 e. The molecule has 0 aliphatic heterocycles. The largest absolute Gasteiger partial charge is 0.497 e. The number of aromatic amines is 1. The van der Waals surface area contributed by atoms with E-state index in [4.69, 9.17) is 14.0 Å². The van der Waals surface area contributed by atoms with Crippen LogP contribution < -0.4 is 9.47 Å². The van der Waals surface area contributed by atoms with Gasteiger partial charge in [0.05, 0.1) is 19.9 Å². The van der Waals surface area contributed by atoms with Crippen molar-refractivity contribution >= 4 is 0 Å². The normalized spacial score (nSPS) is 10.9. The average Bonchev–Trinajstić information content (AvgIpc) is 3.39. The molecule has 4 rings (SSSR count). The van der Waals surface area contributed by atoms with Crippen molar-refractivity contribution in [3.05, 3.63) is 53.6 Å². The molecule has 0 bridgehead atoms. The summed E-state index contributed by atoms with van der Waals surface area (Å²) in [5.74, 6) is 2.11. The molecular formula is C21H20N4O3. The van der Waals surface area contributed by atoms with Crippen molar-refractivity contribution in [1.82, 2.24) is 20.3 Å². The number of nitrogens with zero attached hydrogens (tertiary/aromatic N) is 3. The van der Waals surface area contributed by atoms with E-state index in [0.717, 1.165) is 22.4 Å².